The molecule has 0 aliphatic carbocycles. The summed E-state index contributed by atoms with van der Waals surface area (Å²) in [5, 5.41) is 0. The molecular formula is C13H16F2O. The standard InChI is InChI=1S/C13H16F2O/c1-3-4-5-6-7-16-13-10(2)8-11(14)9-12(13)15/h3,8-9H,1,4-7H2,2H3. The van der Waals surface area contributed by atoms with Gasteiger partial charge in [0.05, 0.1) is 6.61 Å². The molecule has 1 nitrogen and oxygen atoms in total. The molecule has 0 radical (unpaired) electrons. The lowest BCUT2D eigenvalue weighted by molar-refractivity contribution is 0.289. The smallest absolute Gasteiger partial charge is 0.168 e. The van der Waals surface area contributed by atoms with Crippen molar-refractivity contribution in [1.29, 1.82) is 0 Å². The first-order valence-electron chi connectivity index (χ1n) is 5.34. The van der Waals surface area contributed by atoms with Gasteiger partial charge in [0.15, 0.2) is 11.6 Å². The number of unbranched alkanes of at least 4 members (excludes halogenated alkanes) is 2. The fourth-order valence-electron chi connectivity index (χ4n) is 1.44. The third kappa shape index (κ3) is 3.65. The minimum Gasteiger partial charge on any atom is -0.490 e. The summed E-state index contributed by atoms with van der Waals surface area (Å²) in [6.45, 7) is 5.68. The predicted octanol–water partition coefficient (Wildman–Crippen LogP) is 4.01. The normalized spacial score (nSPS) is 10.2. The number of ether oxygens (including phenoxy) is 1. The lowest BCUT2D eigenvalue weighted by atomic mass is 10.2. The number of halogens is 2. The van der Waals surface area contributed by atoms with E-state index in [1.54, 1.807) is 6.92 Å². The second-order valence-electron chi connectivity index (χ2n) is 3.67. The van der Waals surface area contributed by atoms with Crippen molar-refractivity contribution < 1.29 is 13.5 Å². The summed E-state index contributed by atoms with van der Waals surface area (Å²) in [5.74, 6) is -1.06. The SMILES string of the molecule is C=CCCCCOc1c(C)cc(F)cc1F. The molecule has 0 heterocycles. The fraction of sp³-hybridized carbons (Fsp3) is 0.385. The van der Waals surface area contributed by atoms with Crippen molar-refractivity contribution in [2.24, 2.45) is 0 Å². The third-order valence-corrected chi connectivity index (χ3v) is 2.24. The van der Waals surface area contributed by atoms with Crippen LogP contribution in [0.5, 0.6) is 5.75 Å². The maximum Gasteiger partial charge on any atom is 0.168 e. The molecule has 0 spiro atoms. The monoisotopic (exact) mass is 226 g/mol. The molecule has 1 aromatic rings. The highest BCUT2D eigenvalue weighted by molar-refractivity contribution is 5.34. The van der Waals surface area contributed by atoms with Gasteiger partial charge in [-0.2, -0.15) is 0 Å². The van der Waals surface area contributed by atoms with Gasteiger partial charge in [0.2, 0.25) is 0 Å². The minimum atomic E-state index is -0.638. The molecule has 1 aromatic carbocycles. The van der Waals surface area contributed by atoms with E-state index >= 15 is 0 Å². The lowest BCUT2D eigenvalue weighted by Crippen LogP contribution is -2.01. The van der Waals surface area contributed by atoms with Gasteiger partial charge in [-0.1, -0.05) is 6.08 Å². The number of hydrogen-bond donors (Lipinski definition) is 0. The lowest BCUT2D eigenvalue weighted by Gasteiger charge is -2.09. The number of rotatable bonds is 6. The van der Waals surface area contributed by atoms with Crippen LogP contribution >= 0.6 is 0 Å². The highest BCUT2D eigenvalue weighted by Crippen LogP contribution is 2.23. The van der Waals surface area contributed by atoms with Gasteiger partial charge < -0.3 is 4.74 Å². The second kappa shape index (κ2) is 6.26. The summed E-state index contributed by atoms with van der Waals surface area (Å²) in [7, 11) is 0. The molecular weight excluding hydrogens is 210 g/mol. The summed E-state index contributed by atoms with van der Waals surface area (Å²) in [6, 6.07) is 2.11. The number of aryl methyl sites for hydroxylation is 1. The Hall–Kier alpha value is -1.38. The Morgan fingerprint density at radius 2 is 2.06 bits per heavy atom. The van der Waals surface area contributed by atoms with E-state index < -0.39 is 11.6 Å². The highest BCUT2D eigenvalue weighted by Gasteiger charge is 2.09. The van der Waals surface area contributed by atoms with E-state index in [2.05, 4.69) is 6.58 Å². The van der Waals surface area contributed by atoms with E-state index in [4.69, 9.17) is 4.74 Å². The largest absolute Gasteiger partial charge is 0.490 e. The van der Waals surface area contributed by atoms with E-state index in [0.717, 1.165) is 25.3 Å². The van der Waals surface area contributed by atoms with Gasteiger partial charge in [0, 0.05) is 6.07 Å². The summed E-state index contributed by atoms with van der Waals surface area (Å²) < 4.78 is 31.4. The van der Waals surface area contributed by atoms with Crippen LogP contribution in [0.25, 0.3) is 0 Å². The van der Waals surface area contributed by atoms with Crippen LogP contribution in [-0.4, -0.2) is 6.61 Å². The Balaban J connectivity index is 2.50. The van der Waals surface area contributed by atoms with E-state index in [1.165, 1.54) is 6.07 Å². The van der Waals surface area contributed by atoms with Gasteiger partial charge in [-0.3, -0.25) is 0 Å². The van der Waals surface area contributed by atoms with E-state index in [-0.39, 0.29) is 5.75 Å². The first-order chi connectivity index (χ1) is 7.65. The van der Waals surface area contributed by atoms with E-state index in [1.807, 2.05) is 6.08 Å². The molecule has 0 atom stereocenters. The third-order valence-electron chi connectivity index (χ3n) is 2.24. The molecule has 0 aliphatic rings. The van der Waals surface area contributed by atoms with Crippen molar-refractivity contribution >= 4 is 0 Å². The van der Waals surface area contributed by atoms with Crippen LogP contribution < -0.4 is 4.74 Å². The predicted molar refractivity (Wildman–Crippen MR) is 60.6 cm³/mol. The van der Waals surface area contributed by atoms with Crippen LogP contribution in [-0.2, 0) is 0 Å². The van der Waals surface area contributed by atoms with Gasteiger partial charge >= 0.3 is 0 Å². The van der Waals surface area contributed by atoms with E-state index in [0.29, 0.717) is 12.2 Å². The van der Waals surface area contributed by atoms with Gasteiger partial charge in [-0.05, 0) is 37.8 Å². The van der Waals surface area contributed by atoms with Crippen molar-refractivity contribution in [2.45, 2.75) is 26.2 Å². The zero-order valence-electron chi connectivity index (χ0n) is 9.43. The van der Waals surface area contributed by atoms with Crippen LogP contribution in [0.1, 0.15) is 24.8 Å². The second-order valence-corrected chi connectivity index (χ2v) is 3.67. The number of benzene rings is 1. The molecule has 0 N–H and O–H groups in total. The van der Waals surface area contributed by atoms with Crippen LogP contribution in [0, 0.1) is 18.6 Å². The van der Waals surface area contributed by atoms with Crippen molar-refractivity contribution in [3.8, 4) is 5.75 Å². The average Bonchev–Trinajstić information content (AvgIpc) is 2.20. The number of hydrogen-bond acceptors (Lipinski definition) is 1. The molecule has 0 aromatic heterocycles. The molecule has 88 valence electrons. The zero-order valence-corrected chi connectivity index (χ0v) is 9.43. The van der Waals surface area contributed by atoms with Gasteiger partial charge in [0.25, 0.3) is 0 Å². The summed E-state index contributed by atoms with van der Waals surface area (Å²) in [5.41, 5.74) is 0.487. The summed E-state index contributed by atoms with van der Waals surface area (Å²) in [4.78, 5) is 0. The van der Waals surface area contributed by atoms with Crippen molar-refractivity contribution in [3.05, 3.63) is 42.0 Å². The molecule has 0 saturated heterocycles. The molecule has 0 aliphatic heterocycles. The average molecular weight is 226 g/mol. The molecule has 0 saturated carbocycles. The Kier molecular flexibility index (Phi) is 4.96. The molecule has 3 heteroatoms. The molecule has 0 fully saturated rings. The number of allylic oxidation sites excluding steroid dienone is 1. The van der Waals surface area contributed by atoms with Crippen LogP contribution in [0.2, 0.25) is 0 Å². The van der Waals surface area contributed by atoms with Crippen molar-refractivity contribution in [1.82, 2.24) is 0 Å². The highest BCUT2D eigenvalue weighted by atomic mass is 19.1. The quantitative estimate of drug-likeness (QED) is 0.526. The van der Waals surface area contributed by atoms with Crippen molar-refractivity contribution in [3.63, 3.8) is 0 Å². The molecule has 0 amide bonds. The summed E-state index contributed by atoms with van der Waals surface area (Å²) >= 11 is 0. The Morgan fingerprint density at radius 1 is 1.31 bits per heavy atom. The molecule has 1 rings (SSSR count). The zero-order chi connectivity index (χ0) is 12.0. The van der Waals surface area contributed by atoms with Gasteiger partial charge in [-0.25, -0.2) is 8.78 Å². The van der Waals surface area contributed by atoms with Crippen molar-refractivity contribution in [2.75, 3.05) is 6.61 Å². The van der Waals surface area contributed by atoms with Crippen LogP contribution in [0.4, 0.5) is 8.78 Å². The first-order valence-corrected chi connectivity index (χ1v) is 5.34. The Morgan fingerprint density at radius 3 is 2.69 bits per heavy atom. The summed E-state index contributed by atoms with van der Waals surface area (Å²) in [6.07, 6.45) is 4.56. The van der Waals surface area contributed by atoms with Gasteiger partial charge in [-0.15, -0.1) is 6.58 Å². The maximum absolute atomic E-state index is 13.3. The Bertz CT molecular complexity index is 338. The maximum atomic E-state index is 13.3. The topological polar surface area (TPSA) is 9.23 Å². The molecule has 0 bridgehead atoms. The van der Waals surface area contributed by atoms with Gasteiger partial charge in [0.1, 0.15) is 5.82 Å². The van der Waals surface area contributed by atoms with Crippen LogP contribution in [0.3, 0.4) is 0 Å². The Labute approximate surface area is 94.7 Å². The first kappa shape index (κ1) is 12.7. The molecule has 16 heavy (non-hydrogen) atoms. The minimum absolute atomic E-state index is 0.153. The fourth-order valence-corrected chi connectivity index (χ4v) is 1.44. The van der Waals surface area contributed by atoms with Crippen LogP contribution in [0.15, 0.2) is 24.8 Å². The van der Waals surface area contributed by atoms with E-state index in [9.17, 15) is 8.78 Å². The molecule has 0 unspecified atom stereocenters.